The molecule has 0 atom stereocenters. The number of nitrogens with one attached hydrogen (secondary N) is 1. The molecule has 1 N–H and O–H groups in total. The number of aromatic nitrogens is 2. The van der Waals surface area contributed by atoms with Gasteiger partial charge in [0.2, 0.25) is 5.88 Å². The van der Waals surface area contributed by atoms with Gasteiger partial charge < -0.3 is 18.7 Å². The summed E-state index contributed by atoms with van der Waals surface area (Å²) in [5.41, 5.74) is 1.76. The van der Waals surface area contributed by atoms with E-state index in [4.69, 9.17) is 18.7 Å². The summed E-state index contributed by atoms with van der Waals surface area (Å²) in [6, 6.07) is 6.63. The number of para-hydroxylation sites is 1. The Morgan fingerprint density at radius 3 is 2.93 bits per heavy atom. The van der Waals surface area contributed by atoms with E-state index in [1.807, 2.05) is 6.07 Å². The summed E-state index contributed by atoms with van der Waals surface area (Å²) in [5.74, 6) is 0.548. The predicted molar refractivity (Wildman–Crippen MR) is 95.5 cm³/mol. The molecule has 0 amide bonds. The van der Waals surface area contributed by atoms with E-state index in [0.717, 1.165) is 5.56 Å². The van der Waals surface area contributed by atoms with Crippen LogP contribution < -0.4 is 14.2 Å². The number of anilines is 1. The standard InChI is InChI=1S/C17H17N3O6S/c1-23-9-11-8-12-14(17(18-11)24-2)16(19-26-12)20-27(21,22)13-5-3-4-10-6-7-25-15(10)13/h3-5,8H,6-7,9H2,1-2H3,(H,19,20). The molecule has 0 fully saturated rings. The maximum atomic E-state index is 12.9. The molecule has 27 heavy (non-hydrogen) atoms. The number of rotatable bonds is 6. The fourth-order valence-corrected chi connectivity index (χ4v) is 4.19. The summed E-state index contributed by atoms with van der Waals surface area (Å²) in [6.07, 6.45) is 0.672. The summed E-state index contributed by atoms with van der Waals surface area (Å²) in [6.45, 7) is 0.705. The minimum absolute atomic E-state index is 0.00563. The van der Waals surface area contributed by atoms with Crippen molar-refractivity contribution >= 4 is 26.8 Å². The van der Waals surface area contributed by atoms with Gasteiger partial charge in [0.25, 0.3) is 10.0 Å². The van der Waals surface area contributed by atoms with Gasteiger partial charge >= 0.3 is 0 Å². The number of fused-ring (bicyclic) bond motifs is 2. The van der Waals surface area contributed by atoms with Crippen LogP contribution in [0.5, 0.6) is 11.6 Å². The highest BCUT2D eigenvalue weighted by atomic mass is 32.2. The maximum Gasteiger partial charge on any atom is 0.266 e. The van der Waals surface area contributed by atoms with E-state index in [1.54, 1.807) is 19.2 Å². The van der Waals surface area contributed by atoms with Crippen LogP contribution in [-0.4, -0.2) is 39.4 Å². The number of hydrogen-bond acceptors (Lipinski definition) is 8. The zero-order valence-corrected chi connectivity index (χ0v) is 15.5. The van der Waals surface area contributed by atoms with Gasteiger partial charge in [0, 0.05) is 19.6 Å². The Hall–Kier alpha value is -2.85. The summed E-state index contributed by atoms with van der Waals surface area (Å²) < 4.78 is 49.4. The van der Waals surface area contributed by atoms with E-state index in [-0.39, 0.29) is 23.2 Å². The molecule has 10 heteroatoms. The molecule has 0 aliphatic carbocycles. The van der Waals surface area contributed by atoms with Crippen molar-refractivity contribution < 1.29 is 27.2 Å². The van der Waals surface area contributed by atoms with Gasteiger partial charge in [-0.1, -0.05) is 17.3 Å². The molecule has 0 spiro atoms. The average Bonchev–Trinajstić information content (AvgIpc) is 3.28. The fraction of sp³-hybridized carbons (Fsp3) is 0.294. The molecular weight excluding hydrogens is 374 g/mol. The summed E-state index contributed by atoms with van der Waals surface area (Å²) in [5, 5.41) is 4.17. The lowest BCUT2D eigenvalue weighted by Gasteiger charge is -2.10. The maximum absolute atomic E-state index is 12.9. The van der Waals surface area contributed by atoms with Crippen molar-refractivity contribution in [1.82, 2.24) is 10.1 Å². The normalized spacial score (nSPS) is 13.4. The van der Waals surface area contributed by atoms with Crippen molar-refractivity contribution in [3.8, 4) is 11.6 Å². The molecule has 1 aliphatic rings. The lowest BCUT2D eigenvalue weighted by Crippen LogP contribution is -2.14. The van der Waals surface area contributed by atoms with E-state index in [1.165, 1.54) is 13.2 Å². The molecule has 3 heterocycles. The average molecular weight is 391 g/mol. The second-order valence-electron chi connectivity index (χ2n) is 5.91. The highest BCUT2D eigenvalue weighted by Crippen LogP contribution is 2.36. The van der Waals surface area contributed by atoms with Gasteiger partial charge in [-0.15, -0.1) is 0 Å². The number of pyridine rings is 1. The van der Waals surface area contributed by atoms with Gasteiger partial charge in [0.1, 0.15) is 16.0 Å². The number of methoxy groups -OCH3 is 2. The van der Waals surface area contributed by atoms with Crippen LogP contribution in [0.15, 0.2) is 33.7 Å². The Balaban J connectivity index is 1.76. The van der Waals surface area contributed by atoms with Gasteiger partial charge in [-0.2, -0.15) is 0 Å². The smallest absolute Gasteiger partial charge is 0.266 e. The predicted octanol–water partition coefficient (Wildman–Crippen LogP) is 2.11. The Morgan fingerprint density at radius 2 is 2.15 bits per heavy atom. The zero-order valence-electron chi connectivity index (χ0n) is 14.7. The quantitative estimate of drug-likeness (QED) is 0.680. The largest absolute Gasteiger partial charge is 0.492 e. The van der Waals surface area contributed by atoms with E-state index < -0.39 is 10.0 Å². The minimum atomic E-state index is -3.95. The summed E-state index contributed by atoms with van der Waals surface area (Å²) >= 11 is 0. The first-order valence-corrected chi connectivity index (χ1v) is 9.61. The Labute approximate surface area is 155 Å². The molecule has 0 radical (unpaired) electrons. The van der Waals surface area contributed by atoms with Gasteiger partial charge in [-0.05, 0) is 11.6 Å². The van der Waals surface area contributed by atoms with Gasteiger partial charge in [-0.3, -0.25) is 4.72 Å². The Morgan fingerprint density at radius 1 is 1.30 bits per heavy atom. The molecule has 9 nitrogen and oxygen atoms in total. The molecule has 1 aliphatic heterocycles. The highest BCUT2D eigenvalue weighted by Gasteiger charge is 2.28. The van der Waals surface area contributed by atoms with Crippen LogP contribution in [0.25, 0.3) is 11.0 Å². The molecule has 0 saturated heterocycles. The minimum Gasteiger partial charge on any atom is -0.492 e. The molecule has 0 saturated carbocycles. The summed E-state index contributed by atoms with van der Waals surface area (Å²) in [7, 11) is -0.978. The third kappa shape index (κ3) is 3.06. The van der Waals surface area contributed by atoms with Crippen LogP contribution in [0, 0.1) is 0 Å². The lowest BCUT2D eigenvalue weighted by molar-refractivity contribution is 0.181. The van der Waals surface area contributed by atoms with Crippen molar-refractivity contribution in [2.45, 2.75) is 17.9 Å². The molecule has 0 unspecified atom stereocenters. The van der Waals surface area contributed by atoms with Crippen LogP contribution in [0.1, 0.15) is 11.3 Å². The lowest BCUT2D eigenvalue weighted by atomic mass is 10.2. The zero-order chi connectivity index (χ0) is 19.0. The van der Waals surface area contributed by atoms with E-state index >= 15 is 0 Å². The van der Waals surface area contributed by atoms with Gasteiger partial charge in [0.15, 0.2) is 11.4 Å². The molecule has 1 aromatic carbocycles. The fourth-order valence-electron chi connectivity index (χ4n) is 3.00. The number of hydrogen-bond donors (Lipinski definition) is 1. The molecular formula is C17H17N3O6S. The number of nitrogens with zero attached hydrogens (tertiary/aromatic N) is 2. The molecule has 3 aromatic rings. The van der Waals surface area contributed by atoms with Crippen LogP contribution in [0.4, 0.5) is 5.82 Å². The molecule has 2 aromatic heterocycles. The number of ether oxygens (including phenoxy) is 3. The molecule has 0 bridgehead atoms. The molecule has 142 valence electrons. The third-order valence-electron chi connectivity index (χ3n) is 4.16. The van der Waals surface area contributed by atoms with Crippen molar-refractivity contribution in [2.75, 3.05) is 25.5 Å². The Kier molecular flexibility index (Phi) is 4.36. The number of benzene rings is 1. The van der Waals surface area contributed by atoms with Crippen LogP contribution in [0.2, 0.25) is 0 Å². The van der Waals surface area contributed by atoms with Gasteiger partial charge in [-0.25, -0.2) is 13.4 Å². The molecule has 4 rings (SSSR count). The van der Waals surface area contributed by atoms with Crippen LogP contribution >= 0.6 is 0 Å². The van der Waals surface area contributed by atoms with Crippen molar-refractivity contribution in [2.24, 2.45) is 0 Å². The second-order valence-corrected chi connectivity index (χ2v) is 7.56. The van der Waals surface area contributed by atoms with E-state index in [9.17, 15) is 8.42 Å². The van der Waals surface area contributed by atoms with Crippen LogP contribution in [-0.2, 0) is 27.8 Å². The monoisotopic (exact) mass is 391 g/mol. The highest BCUT2D eigenvalue weighted by molar-refractivity contribution is 7.92. The van der Waals surface area contributed by atoms with Gasteiger partial charge in [0.05, 0.1) is 26.0 Å². The van der Waals surface area contributed by atoms with Crippen molar-refractivity contribution in [3.63, 3.8) is 0 Å². The first-order valence-electron chi connectivity index (χ1n) is 8.13. The second kappa shape index (κ2) is 6.71. The first kappa shape index (κ1) is 17.6. The first-order chi connectivity index (χ1) is 13.0. The van der Waals surface area contributed by atoms with E-state index in [2.05, 4.69) is 14.9 Å². The van der Waals surface area contributed by atoms with Crippen molar-refractivity contribution in [1.29, 1.82) is 0 Å². The topological polar surface area (TPSA) is 113 Å². The Bertz CT molecular complexity index is 1110. The SMILES string of the molecule is COCc1cc2onc(NS(=O)(=O)c3cccc4c3OCC4)c2c(OC)n1. The van der Waals surface area contributed by atoms with E-state index in [0.29, 0.717) is 35.4 Å². The third-order valence-corrected chi connectivity index (χ3v) is 5.52. The van der Waals surface area contributed by atoms with Crippen LogP contribution in [0.3, 0.4) is 0 Å². The van der Waals surface area contributed by atoms with Crippen molar-refractivity contribution in [3.05, 3.63) is 35.5 Å². The summed E-state index contributed by atoms with van der Waals surface area (Å²) in [4.78, 5) is 4.35. The number of sulfonamides is 1.